The molecule has 2 aromatic carbocycles. The van der Waals surface area contributed by atoms with Crippen LogP contribution >= 0.6 is 0 Å². The minimum atomic E-state index is -1.08. The highest BCUT2D eigenvalue weighted by Crippen LogP contribution is 2.44. The molecule has 2 aromatic rings. The van der Waals surface area contributed by atoms with Crippen LogP contribution in [0.1, 0.15) is 31.2 Å². The highest BCUT2D eigenvalue weighted by molar-refractivity contribution is 5.93. The molecule has 4 nitrogen and oxygen atoms in total. The molecule has 0 aliphatic heterocycles. The van der Waals surface area contributed by atoms with Crippen LogP contribution in [0.15, 0.2) is 42.5 Å². The summed E-state index contributed by atoms with van der Waals surface area (Å²) < 4.78 is 0. The minimum Gasteiger partial charge on any atom is -0.481 e. The molecule has 1 aliphatic carbocycles. The quantitative estimate of drug-likeness (QED) is 0.600. The zero-order valence-electron chi connectivity index (χ0n) is 12.4. The van der Waals surface area contributed by atoms with Gasteiger partial charge in [0.25, 0.3) is 0 Å². The summed E-state index contributed by atoms with van der Waals surface area (Å²) in [6.45, 7) is 0. The SMILES string of the molecule is N=C(N)C1CCCCC1(C(=O)O)c1ccc2ccccc2c1. The van der Waals surface area contributed by atoms with Crippen LogP contribution in [0.3, 0.4) is 0 Å². The van der Waals surface area contributed by atoms with Crippen molar-refractivity contribution >= 4 is 22.6 Å². The van der Waals surface area contributed by atoms with E-state index in [0.29, 0.717) is 12.8 Å². The van der Waals surface area contributed by atoms with Crippen LogP contribution in [-0.2, 0) is 10.2 Å². The first kappa shape index (κ1) is 14.6. The van der Waals surface area contributed by atoms with Crippen LogP contribution in [0, 0.1) is 11.3 Å². The van der Waals surface area contributed by atoms with Gasteiger partial charge in [-0.15, -0.1) is 0 Å². The molecule has 114 valence electrons. The van der Waals surface area contributed by atoms with E-state index >= 15 is 0 Å². The van der Waals surface area contributed by atoms with E-state index in [1.54, 1.807) is 0 Å². The van der Waals surface area contributed by atoms with Gasteiger partial charge in [0.05, 0.1) is 5.84 Å². The topological polar surface area (TPSA) is 87.2 Å². The summed E-state index contributed by atoms with van der Waals surface area (Å²) in [5.74, 6) is -1.32. The summed E-state index contributed by atoms with van der Waals surface area (Å²) >= 11 is 0. The Hall–Kier alpha value is -2.36. The number of carbonyl (C=O) groups is 1. The Morgan fingerprint density at radius 3 is 2.59 bits per heavy atom. The molecule has 1 saturated carbocycles. The number of rotatable bonds is 3. The lowest BCUT2D eigenvalue weighted by molar-refractivity contribution is -0.146. The molecule has 0 aromatic heterocycles. The summed E-state index contributed by atoms with van der Waals surface area (Å²) in [7, 11) is 0. The Morgan fingerprint density at radius 1 is 1.18 bits per heavy atom. The standard InChI is InChI=1S/C18H20N2O2/c19-16(20)15-7-3-4-10-18(15,17(21)22)14-9-8-12-5-1-2-6-13(12)11-14/h1-2,5-6,8-9,11,15H,3-4,7,10H2,(H3,19,20)(H,21,22). The van der Waals surface area contributed by atoms with E-state index in [9.17, 15) is 9.90 Å². The van der Waals surface area contributed by atoms with Crippen molar-refractivity contribution in [3.8, 4) is 0 Å². The molecule has 1 aliphatic rings. The fourth-order valence-corrected chi connectivity index (χ4v) is 3.79. The van der Waals surface area contributed by atoms with Crippen molar-refractivity contribution in [1.29, 1.82) is 5.41 Å². The van der Waals surface area contributed by atoms with Gasteiger partial charge >= 0.3 is 5.97 Å². The number of carboxylic acid groups (broad SMARTS) is 1. The van der Waals surface area contributed by atoms with Gasteiger partial charge in [0, 0.05) is 5.92 Å². The van der Waals surface area contributed by atoms with Gasteiger partial charge in [0.1, 0.15) is 5.41 Å². The molecule has 0 amide bonds. The van der Waals surface area contributed by atoms with Crippen LogP contribution in [0.25, 0.3) is 10.8 Å². The Balaban J connectivity index is 2.20. The molecule has 3 rings (SSSR count). The largest absolute Gasteiger partial charge is 0.481 e. The van der Waals surface area contributed by atoms with Gasteiger partial charge in [-0.25, -0.2) is 0 Å². The fraction of sp³-hybridized carbons (Fsp3) is 0.333. The predicted molar refractivity (Wildman–Crippen MR) is 87.1 cm³/mol. The number of nitrogens with two attached hydrogens (primary N) is 1. The third kappa shape index (κ3) is 2.15. The van der Waals surface area contributed by atoms with E-state index in [1.807, 2.05) is 42.5 Å². The maximum absolute atomic E-state index is 12.2. The lowest BCUT2D eigenvalue weighted by Crippen LogP contribution is -2.50. The van der Waals surface area contributed by atoms with Crippen molar-refractivity contribution in [1.82, 2.24) is 0 Å². The van der Waals surface area contributed by atoms with Gasteiger partial charge < -0.3 is 10.8 Å². The third-order valence-corrected chi connectivity index (χ3v) is 4.93. The number of carboxylic acids is 1. The Kier molecular flexibility index (Phi) is 3.61. The van der Waals surface area contributed by atoms with Crippen LogP contribution in [0.2, 0.25) is 0 Å². The first-order valence-electron chi connectivity index (χ1n) is 7.62. The number of fused-ring (bicyclic) bond motifs is 1. The third-order valence-electron chi connectivity index (χ3n) is 4.93. The first-order valence-corrected chi connectivity index (χ1v) is 7.62. The first-order chi connectivity index (χ1) is 10.6. The second kappa shape index (κ2) is 5.44. The molecule has 0 spiro atoms. The molecular weight excluding hydrogens is 276 g/mol. The summed E-state index contributed by atoms with van der Waals surface area (Å²) in [6, 6.07) is 13.7. The van der Waals surface area contributed by atoms with E-state index in [4.69, 9.17) is 11.1 Å². The number of hydrogen-bond donors (Lipinski definition) is 3. The average molecular weight is 296 g/mol. The molecule has 1 fully saturated rings. The highest BCUT2D eigenvalue weighted by Gasteiger charge is 2.50. The van der Waals surface area contributed by atoms with Crippen LogP contribution in [0.5, 0.6) is 0 Å². The average Bonchev–Trinajstić information content (AvgIpc) is 2.54. The predicted octanol–water partition coefficient (Wildman–Crippen LogP) is 3.29. The fourth-order valence-electron chi connectivity index (χ4n) is 3.79. The van der Waals surface area contributed by atoms with Gasteiger partial charge in [0.15, 0.2) is 0 Å². The maximum atomic E-state index is 12.2. The van der Waals surface area contributed by atoms with Crippen LogP contribution in [0.4, 0.5) is 0 Å². The summed E-state index contributed by atoms with van der Waals surface area (Å²) in [5, 5.41) is 20.0. The van der Waals surface area contributed by atoms with Crippen LogP contribution in [-0.4, -0.2) is 16.9 Å². The zero-order valence-corrected chi connectivity index (χ0v) is 12.4. The summed E-state index contributed by atoms with van der Waals surface area (Å²) in [5.41, 5.74) is 5.44. The van der Waals surface area contributed by atoms with E-state index < -0.39 is 17.3 Å². The molecule has 0 saturated heterocycles. The molecule has 2 atom stereocenters. The smallest absolute Gasteiger partial charge is 0.314 e. The Labute approximate surface area is 129 Å². The Bertz CT molecular complexity index is 741. The molecule has 4 N–H and O–H groups in total. The molecule has 0 radical (unpaired) electrons. The minimum absolute atomic E-state index is 0.0183. The monoisotopic (exact) mass is 296 g/mol. The van der Waals surface area contributed by atoms with E-state index in [0.717, 1.165) is 29.2 Å². The molecule has 0 heterocycles. The van der Waals surface area contributed by atoms with Crippen molar-refractivity contribution in [2.75, 3.05) is 0 Å². The second-order valence-corrected chi connectivity index (χ2v) is 6.09. The van der Waals surface area contributed by atoms with Crippen molar-refractivity contribution < 1.29 is 9.90 Å². The molecule has 4 heteroatoms. The molecule has 0 bridgehead atoms. The van der Waals surface area contributed by atoms with Crippen LogP contribution < -0.4 is 5.73 Å². The highest BCUT2D eigenvalue weighted by atomic mass is 16.4. The van der Waals surface area contributed by atoms with E-state index in [-0.39, 0.29) is 5.84 Å². The van der Waals surface area contributed by atoms with Gasteiger partial charge in [-0.1, -0.05) is 49.2 Å². The van der Waals surface area contributed by atoms with Gasteiger partial charge in [-0.3, -0.25) is 10.2 Å². The van der Waals surface area contributed by atoms with Gasteiger partial charge in [0.2, 0.25) is 0 Å². The zero-order chi connectivity index (χ0) is 15.7. The number of benzene rings is 2. The number of nitrogens with one attached hydrogen (secondary N) is 1. The molecular formula is C18H20N2O2. The van der Waals surface area contributed by atoms with Gasteiger partial charge in [-0.05, 0) is 35.2 Å². The maximum Gasteiger partial charge on any atom is 0.314 e. The molecule has 22 heavy (non-hydrogen) atoms. The van der Waals surface area contributed by atoms with E-state index in [2.05, 4.69) is 0 Å². The number of amidine groups is 1. The normalized spacial score (nSPS) is 25.0. The van der Waals surface area contributed by atoms with Gasteiger partial charge in [-0.2, -0.15) is 0 Å². The summed E-state index contributed by atoms with van der Waals surface area (Å²) in [4.78, 5) is 12.2. The van der Waals surface area contributed by atoms with Crippen molar-refractivity contribution in [3.05, 3.63) is 48.0 Å². The lowest BCUT2D eigenvalue weighted by atomic mass is 9.62. The van der Waals surface area contributed by atoms with Crippen molar-refractivity contribution in [2.24, 2.45) is 11.7 Å². The second-order valence-electron chi connectivity index (χ2n) is 6.09. The Morgan fingerprint density at radius 2 is 1.91 bits per heavy atom. The van der Waals surface area contributed by atoms with Crippen molar-refractivity contribution in [2.45, 2.75) is 31.1 Å². The number of hydrogen-bond acceptors (Lipinski definition) is 2. The molecule has 2 unspecified atom stereocenters. The lowest BCUT2D eigenvalue weighted by Gasteiger charge is -2.40. The van der Waals surface area contributed by atoms with Crippen molar-refractivity contribution in [3.63, 3.8) is 0 Å². The number of aliphatic carboxylic acids is 1. The summed E-state index contributed by atoms with van der Waals surface area (Å²) in [6.07, 6.45) is 2.97. The van der Waals surface area contributed by atoms with E-state index in [1.165, 1.54) is 0 Å².